The van der Waals surface area contributed by atoms with E-state index in [2.05, 4.69) is 0 Å². The van der Waals surface area contributed by atoms with Crippen molar-refractivity contribution in [3.8, 4) is 5.75 Å². The first kappa shape index (κ1) is 12.9. The first-order chi connectivity index (χ1) is 7.16. The molecule has 0 bridgehead atoms. The smallest absolute Gasteiger partial charge is 0.298 e. The van der Waals surface area contributed by atoms with Gasteiger partial charge in [0.05, 0.1) is 12.0 Å². The fraction of sp³-hybridized carbons (Fsp3) is 0.250. The molecule has 0 aromatic heterocycles. The van der Waals surface area contributed by atoms with Crippen molar-refractivity contribution in [2.75, 3.05) is 13.4 Å². The van der Waals surface area contributed by atoms with Crippen LogP contribution in [0, 0.1) is 0 Å². The molecule has 90 valence electrons. The number of rotatable bonds is 3. The molecule has 0 aliphatic rings. The van der Waals surface area contributed by atoms with E-state index in [9.17, 15) is 16.8 Å². The standard InChI is InChI=1S/C8H10O6S2/c1-14-7-4-3-6(15(2,9)10)5-8(7)16(11,12)13/h3-5H,1-2H3,(H,11,12,13). The van der Waals surface area contributed by atoms with Gasteiger partial charge in [0.15, 0.2) is 9.84 Å². The van der Waals surface area contributed by atoms with Gasteiger partial charge in [-0.25, -0.2) is 8.42 Å². The van der Waals surface area contributed by atoms with E-state index in [4.69, 9.17) is 9.29 Å². The van der Waals surface area contributed by atoms with Crippen molar-refractivity contribution in [2.24, 2.45) is 0 Å². The molecule has 0 atom stereocenters. The second-order valence-corrected chi connectivity index (χ2v) is 6.47. The minimum Gasteiger partial charge on any atom is -0.495 e. The van der Waals surface area contributed by atoms with Crippen LogP contribution in [0.1, 0.15) is 0 Å². The molecule has 0 radical (unpaired) electrons. The van der Waals surface area contributed by atoms with Crippen LogP contribution in [-0.4, -0.2) is 34.8 Å². The number of hydrogen-bond donors (Lipinski definition) is 1. The summed E-state index contributed by atoms with van der Waals surface area (Å²) < 4.78 is 57.9. The summed E-state index contributed by atoms with van der Waals surface area (Å²) in [5.74, 6) is -0.116. The predicted octanol–water partition coefficient (Wildman–Crippen LogP) is 0.345. The summed E-state index contributed by atoms with van der Waals surface area (Å²) in [7, 11) is -6.85. The molecule has 6 nitrogen and oxygen atoms in total. The maximum Gasteiger partial charge on any atom is 0.298 e. The molecule has 1 rings (SSSR count). The Morgan fingerprint density at radius 2 is 1.75 bits per heavy atom. The molecular formula is C8H10O6S2. The Balaban J connectivity index is 3.58. The van der Waals surface area contributed by atoms with Crippen LogP contribution in [0.15, 0.2) is 28.0 Å². The molecule has 1 aromatic carbocycles. The molecular weight excluding hydrogens is 256 g/mol. The van der Waals surface area contributed by atoms with Gasteiger partial charge in [-0.1, -0.05) is 0 Å². The first-order valence-corrected chi connectivity index (χ1v) is 7.35. The zero-order valence-corrected chi connectivity index (χ0v) is 10.2. The molecule has 0 saturated carbocycles. The Labute approximate surface area is 93.5 Å². The van der Waals surface area contributed by atoms with Crippen LogP contribution in [0.2, 0.25) is 0 Å². The molecule has 1 N–H and O–H groups in total. The number of hydrogen-bond acceptors (Lipinski definition) is 5. The van der Waals surface area contributed by atoms with E-state index in [1.54, 1.807) is 0 Å². The maximum absolute atomic E-state index is 11.2. The number of ether oxygens (including phenoxy) is 1. The van der Waals surface area contributed by atoms with Crippen molar-refractivity contribution < 1.29 is 26.1 Å². The summed E-state index contributed by atoms with van der Waals surface area (Å²) in [6, 6.07) is 3.21. The van der Waals surface area contributed by atoms with Gasteiger partial charge in [-0.15, -0.1) is 0 Å². The van der Waals surface area contributed by atoms with Gasteiger partial charge in [0.1, 0.15) is 10.6 Å². The van der Waals surface area contributed by atoms with Gasteiger partial charge in [0.2, 0.25) is 0 Å². The third kappa shape index (κ3) is 2.71. The van der Waals surface area contributed by atoms with Crippen LogP contribution in [-0.2, 0) is 20.0 Å². The summed E-state index contributed by atoms with van der Waals surface area (Å²) in [6.07, 6.45) is 0.933. The molecule has 0 unspecified atom stereocenters. The number of sulfone groups is 1. The molecule has 0 spiro atoms. The Kier molecular flexibility index (Phi) is 3.27. The largest absolute Gasteiger partial charge is 0.495 e. The zero-order chi connectivity index (χ0) is 12.6. The summed E-state index contributed by atoms with van der Waals surface area (Å²) in [5.41, 5.74) is 0. The topological polar surface area (TPSA) is 97.7 Å². The van der Waals surface area contributed by atoms with E-state index in [1.807, 2.05) is 0 Å². The fourth-order valence-electron chi connectivity index (χ4n) is 1.09. The van der Waals surface area contributed by atoms with Crippen LogP contribution in [0.4, 0.5) is 0 Å². The van der Waals surface area contributed by atoms with Crippen molar-refractivity contribution in [3.63, 3.8) is 0 Å². The highest BCUT2D eigenvalue weighted by Crippen LogP contribution is 2.26. The van der Waals surface area contributed by atoms with E-state index < -0.39 is 24.9 Å². The lowest BCUT2D eigenvalue weighted by Gasteiger charge is -2.07. The monoisotopic (exact) mass is 266 g/mol. The predicted molar refractivity (Wildman–Crippen MR) is 55.9 cm³/mol. The van der Waals surface area contributed by atoms with Gasteiger partial charge in [0.25, 0.3) is 10.1 Å². The third-order valence-electron chi connectivity index (χ3n) is 1.84. The van der Waals surface area contributed by atoms with Gasteiger partial charge in [-0.05, 0) is 18.2 Å². The zero-order valence-electron chi connectivity index (χ0n) is 8.54. The van der Waals surface area contributed by atoms with Crippen molar-refractivity contribution >= 4 is 20.0 Å². The normalized spacial score (nSPS) is 12.4. The molecule has 0 aliphatic heterocycles. The fourth-order valence-corrected chi connectivity index (χ4v) is 2.49. The Morgan fingerprint density at radius 1 is 1.19 bits per heavy atom. The maximum atomic E-state index is 11.2. The summed E-state index contributed by atoms with van der Waals surface area (Å²) >= 11 is 0. The van der Waals surface area contributed by atoms with Crippen LogP contribution >= 0.6 is 0 Å². The number of methoxy groups -OCH3 is 1. The van der Waals surface area contributed by atoms with Gasteiger partial charge >= 0.3 is 0 Å². The average Bonchev–Trinajstić information content (AvgIpc) is 2.14. The van der Waals surface area contributed by atoms with E-state index in [0.717, 1.165) is 12.3 Å². The molecule has 1 aromatic rings. The van der Waals surface area contributed by atoms with Gasteiger partial charge < -0.3 is 4.74 Å². The molecule has 16 heavy (non-hydrogen) atoms. The minimum atomic E-state index is -4.52. The lowest BCUT2D eigenvalue weighted by atomic mass is 10.3. The van der Waals surface area contributed by atoms with Crippen molar-refractivity contribution in [3.05, 3.63) is 18.2 Å². The molecule has 0 heterocycles. The molecule has 0 saturated heterocycles. The van der Waals surface area contributed by atoms with Crippen LogP contribution in [0.5, 0.6) is 5.75 Å². The number of benzene rings is 1. The van der Waals surface area contributed by atoms with E-state index in [-0.39, 0.29) is 10.6 Å². The van der Waals surface area contributed by atoms with Crippen LogP contribution in [0.25, 0.3) is 0 Å². The quantitative estimate of drug-likeness (QED) is 0.792. The van der Waals surface area contributed by atoms with Gasteiger partial charge in [0, 0.05) is 6.26 Å². The lowest BCUT2D eigenvalue weighted by Crippen LogP contribution is -2.04. The van der Waals surface area contributed by atoms with Crippen molar-refractivity contribution in [1.29, 1.82) is 0 Å². The van der Waals surface area contributed by atoms with Crippen molar-refractivity contribution in [1.82, 2.24) is 0 Å². The van der Waals surface area contributed by atoms with Crippen LogP contribution < -0.4 is 4.74 Å². The van der Waals surface area contributed by atoms with Gasteiger partial charge in [-0.2, -0.15) is 8.42 Å². The van der Waals surface area contributed by atoms with Crippen LogP contribution in [0.3, 0.4) is 0 Å². The molecule has 0 amide bonds. The highest BCUT2D eigenvalue weighted by Gasteiger charge is 2.19. The summed E-state index contributed by atoms with van der Waals surface area (Å²) in [5, 5.41) is 0. The highest BCUT2D eigenvalue weighted by atomic mass is 32.2. The average molecular weight is 266 g/mol. The van der Waals surface area contributed by atoms with E-state index in [0.29, 0.717) is 0 Å². The SMILES string of the molecule is COc1ccc(S(C)(=O)=O)cc1S(=O)(=O)O. The molecule has 0 aliphatic carbocycles. The highest BCUT2D eigenvalue weighted by molar-refractivity contribution is 7.90. The lowest BCUT2D eigenvalue weighted by molar-refractivity contribution is 0.397. The summed E-state index contributed by atoms with van der Waals surface area (Å²) in [6.45, 7) is 0. The second-order valence-electron chi connectivity index (χ2n) is 3.06. The van der Waals surface area contributed by atoms with Crippen molar-refractivity contribution in [2.45, 2.75) is 9.79 Å². The Morgan fingerprint density at radius 3 is 2.12 bits per heavy atom. The van der Waals surface area contributed by atoms with E-state index in [1.165, 1.54) is 19.2 Å². The Bertz CT molecular complexity index is 599. The molecule has 0 fully saturated rings. The minimum absolute atomic E-state index is 0.116. The van der Waals surface area contributed by atoms with E-state index >= 15 is 0 Å². The van der Waals surface area contributed by atoms with Gasteiger partial charge in [-0.3, -0.25) is 4.55 Å². The molecule has 8 heteroatoms. The third-order valence-corrected chi connectivity index (χ3v) is 3.83. The Hall–Kier alpha value is -1.12. The first-order valence-electron chi connectivity index (χ1n) is 4.02. The summed E-state index contributed by atoms with van der Waals surface area (Å²) in [4.78, 5) is -0.779. The second kappa shape index (κ2) is 4.04.